The van der Waals surface area contributed by atoms with E-state index in [4.69, 9.17) is 0 Å². The molecule has 1 aliphatic carbocycles. The van der Waals surface area contributed by atoms with Gasteiger partial charge in [-0.15, -0.1) is 0 Å². The maximum absolute atomic E-state index is 9.36. The molecule has 0 atom stereocenters. The number of benzene rings is 1. The molecule has 2 heteroatoms. The van der Waals surface area contributed by atoms with Crippen molar-refractivity contribution < 1.29 is 10.2 Å². The summed E-state index contributed by atoms with van der Waals surface area (Å²) in [6.07, 6.45) is 6.48. The van der Waals surface area contributed by atoms with E-state index in [9.17, 15) is 10.2 Å². The molecule has 0 radical (unpaired) electrons. The van der Waals surface area contributed by atoms with Gasteiger partial charge >= 0.3 is 0 Å². The quantitative estimate of drug-likeness (QED) is 0.835. The summed E-state index contributed by atoms with van der Waals surface area (Å²) in [4.78, 5) is 0. The predicted molar refractivity (Wildman–Crippen MR) is 73.8 cm³/mol. The van der Waals surface area contributed by atoms with Crippen LogP contribution in [0.3, 0.4) is 0 Å². The van der Waals surface area contributed by atoms with E-state index >= 15 is 0 Å². The molecule has 2 nitrogen and oxygen atoms in total. The topological polar surface area (TPSA) is 40.5 Å². The summed E-state index contributed by atoms with van der Waals surface area (Å²) in [5.74, 6) is 0.778. The number of phenols is 1. The summed E-state index contributed by atoms with van der Waals surface area (Å²) in [5, 5.41) is 18.7. The minimum Gasteiger partial charge on any atom is -0.512 e. The minimum absolute atomic E-state index is 0.0420. The van der Waals surface area contributed by atoms with E-state index in [-0.39, 0.29) is 5.41 Å². The van der Waals surface area contributed by atoms with E-state index < -0.39 is 0 Å². The SMILES string of the molecule is CC(C)(CC1=CC=C(O)CC1)c1ccc(O)cc1. The molecule has 0 unspecified atom stereocenters. The van der Waals surface area contributed by atoms with Gasteiger partial charge in [-0.3, -0.25) is 0 Å². The number of aliphatic hydroxyl groups excluding tert-OH is 1. The fourth-order valence-electron chi connectivity index (χ4n) is 2.40. The lowest BCUT2D eigenvalue weighted by Gasteiger charge is -2.27. The molecule has 1 aromatic rings. The van der Waals surface area contributed by atoms with Gasteiger partial charge in [0.25, 0.3) is 0 Å². The van der Waals surface area contributed by atoms with Crippen LogP contribution in [0.25, 0.3) is 0 Å². The zero-order chi connectivity index (χ0) is 13.2. The summed E-state index contributed by atoms with van der Waals surface area (Å²) in [7, 11) is 0. The molecule has 1 aromatic carbocycles. The van der Waals surface area contributed by atoms with Crippen LogP contribution in [-0.4, -0.2) is 10.2 Å². The van der Waals surface area contributed by atoms with E-state index in [1.165, 1.54) is 11.1 Å². The fourth-order valence-corrected chi connectivity index (χ4v) is 2.40. The number of allylic oxidation sites excluding steroid dienone is 4. The second-order valence-electron chi connectivity index (χ2n) is 5.59. The van der Waals surface area contributed by atoms with Crippen LogP contribution in [0, 0.1) is 0 Å². The molecule has 2 N–H and O–H groups in total. The molecule has 2 rings (SSSR count). The van der Waals surface area contributed by atoms with Gasteiger partial charge in [-0.2, -0.15) is 0 Å². The number of rotatable bonds is 3. The molecule has 0 heterocycles. The predicted octanol–water partition coefficient (Wildman–Crippen LogP) is 4.22. The first kappa shape index (κ1) is 12.7. The van der Waals surface area contributed by atoms with Gasteiger partial charge in [-0.25, -0.2) is 0 Å². The van der Waals surface area contributed by atoms with Crippen LogP contribution in [0.5, 0.6) is 5.75 Å². The highest BCUT2D eigenvalue weighted by Crippen LogP contribution is 2.34. The molecule has 0 bridgehead atoms. The molecule has 0 aromatic heterocycles. The van der Waals surface area contributed by atoms with Crippen LogP contribution < -0.4 is 0 Å². The third-order valence-electron chi connectivity index (χ3n) is 3.53. The van der Waals surface area contributed by atoms with Crippen LogP contribution >= 0.6 is 0 Å². The first-order valence-corrected chi connectivity index (χ1v) is 6.34. The van der Waals surface area contributed by atoms with Gasteiger partial charge in [0, 0.05) is 6.42 Å². The van der Waals surface area contributed by atoms with Gasteiger partial charge in [0.15, 0.2) is 0 Å². The fraction of sp³-hybridized carbons (Fsp3) is 0.375. The number of hydrogen-bond donors (Lipinski definition) is 2. The third-order valence-corrected chi connectivity index (χ3v) is 3.53. The summed E-state index contributed by atoms with van der Waals surface area (Å²) in [5.41, 5.74) is 2.63. The van der Waals surface area contributed by atoms with Gasteiger partial charge in [-0.05, 0) is 42.0 Å². The van der Waals surface area contributed by atoms with Gasteiger partial charge < -0.3 is 10.2 Å². The van der Waals surface area contributed by atoms with Crippen molar-refractivity contribution >= 4 is 0 Å². The molecule has 0 amide bonds. The van der Waals surface area contributed by atoms with Gasteiger partial charge in [0.05, 0.1) is 5.76 Å². The summed E-state index contributed by atoms with van der Waals surface area (Å²) in [6.45, 7) is 4.41. The van der Waals surface area contributed by atoms with Crippen LogP contribution in [0.1, 0.15) is 38.7 Å². The average molecular weight is 244 g/mol. The number of phenolic OH excluding ortho intramolecular Hbond substituents is 1. The molecule has 1 aliphatic rings. The van der Waals surface area contributed by atoms with Crippen molar-refractivity contribution in [3.8, 4) is 5.75 Å². The highest BCUT2D eigenvalue weighted by Gasteiger charge is 2.22. The first-order chi connectivity index (χ1) is 8.47. The van der Waals surface area contributed by atoms with Gasteiger partial charge in [0.2, 0.25) is 0 Å². The highest BCUT2D eigenvalue weighted by atomic mass is 16.3. The Labute approximate surface area is 108 Å². The summed E-state index contributed by atoms with van der Waals surface area (Å²) in [6, 6.07) is 7.42. The van der Waals surface area contributed by atoms with Gasteiger partial charge in [0.1, 0.15) is 5.75 Å². The Balaban J connectivity index is 2.14. The van der Waals surface area contributed by atoms with Crippen molar-refractivity contribution in [3.05, 3.63) is 53.3 Å². The lowest BCUT2D eigenvalue weighted by Crippen LogP contribution is -2.18. The van der Waals surface area contributed by atoms with Crippen molar-refractivity contribution in [2.45, 2.75) is 38.5 Å². The van der Waals surface area contributed by atoms with E-state index in [1.54, 1.807) is 18.2 Å². The van der Waals surface area contributed by atoms with Crippen molar-refractivity contribution in [1.29, 1.82) is 0 Å². The zero-order valence-corrected chi connectivity index (χ0v) is 11.0. The molecule has 0 aliphatic heterocycles. The van der Waals surface area contributed by atoms with E-state index in [0.29, 0.717) is 11.5 Å². The van der Waals surface area contributed by atoms with Crippen LogP contribution in [0.4, 0.5) is 0 Å². The summed E-state index contributed by atoms with van der Waals surface area (Å²) < 4.78 is 0. The molecule has 0 saturated heterocycles. The first-order valence-electron chi connectivity index (χ1n) is 6.34. The minimum atomic E-state index is 0.0420. The molecule has 0 spiro atoms. The number of hydrogen-bond acceptors (Lipinski definition) is 2. The van der Waals surface area contributed by atoms with Crippen molar-refractivity contribution in [2.75, 3.05) is 0 Å². The highest BCUT2D eigenvalue weighted by molar-refractivity contribution is 5.33. The smallest absolute Gasteiger partial charge is 0.115 e. The van der Waals surface area contributed by atoms with E-state index in [2.05, 4.69) is 13.8 Å². The molecular weight excluding hydrogens is 224 g/mol. The monoisotopic (exact) mass is 244 g/mol. The van der Waals surface area contributed by atoms with Crippen molar-refractivity contribution in [2.24, 2.45) is 0 Å². The zero-order valence-electron chi connectivity index (χ0n) is 11.0. The maximum Gasteiger partial charge on any atom is 0.115 e. The average Bonchev–Trinajstić information content (AvgIpc) is 2.32. The Hall–Kier alpha value is -1.70. The van der Waals surface area contributed by atoms with E-state index in [0.717, 1.165) is 19.3 Å². The standard InChI is InChI=1S/C16H20O2/c1-16(2,13-5-9-15(18)10-6-13)11-12-3-7-14(17)8-4-12/h3,5-7,9-10,17-18H,4,8,11H2,1-2H3. The van der Waals surface area contributed by atoms with Crippen LogP contribution in [0.2, 0.25) is 0 Å². The Morgan fingerprint density at radius 3 is 2.22 bits per heavy atom. The Morgan fingerprint density at radius 2 is 1.67 bits per heavy atom. The third kappa shape index (κ3) is 2.95. The van der Waals surface area contributed by atoms with Crippen LogP contribution in [0.15, 0.2) is 47.7 Å². The summed E-state index contributed by atoms with van der Waals surface area (Å²) >= 11 is 0. The maximum atomic E-state index is 9.36. The Kier molecular flexibility index (Phi) is 3.46. The molecule has 18 heavy (non-hydrogen) atoms. The second-order valence-corrected chi connectivity index (χ2v) is 5.59. The van der Waals surface area contributed by atoms with E-state index in [1.807, 2.05) is 18.2 Å². The normalized spacial score (nSPS) is 16.1. The lowest BCUT2D eigenvalue weighted by molar-refractivity contribution is 0.382. The van der Waals surface area contributed by atoms with Crippen molar-refractivity contribution in [3.63, 3.8) is 0 Å². The number of aromatic hydroxyl groups is 1. The lowest BCUT2D eigenvalue weighted by atomic mass is 9.77. The molecule has 0 saturated carbocycles. The van der Waals surface area contributed by atoms with Crippen LogP contribution in [-0.2, 0) is 5.41 Å². The Bertz CT molecular complexity index is 478. The van der Waals surface area contributed by atoms with Crippen molar-refractivity contribution in [1.82, 2.24) is 0 Å². The van der Waals surface area contributed by atoms with Gasteiger partial charge in [-0.1, -0.05) is 37.6 Å². The second kappa shape index (κ2) is 4.89. The molecule has 0 fully saturated rings. The number of aliphatic hydroxyl groups is 1. The molecular formula is C16H20O2. The molecule has 96 valence electrons. The Morgan fingerprint density at radius 1 is 1.00 bits per heavy atom. The largest absolute Gasteiger partial charge is 0.512 e.